The molecule has 1 amide bonds. The van der Waals surface area contributed by atoms with Crippen molar-refractivity contribution < 1.29 is 4.79 Å². The third-order valence-electron chi connectivity index (χ3n) is 3.33. The molecule has 1 atom stereocenters. The fourth-order valence-electron chi connectivity index (χ4n) is 2.24. The summed E-state index contributed by atoms with van der Waals surface area (Å²) >= 11 is 1.74. The highest BCUT2D eigenvalue weighted by Crippen LogP contribution is 2.32. The van der Waals surface area contributed by atoms with Crippen molar-refractivity contribution in [3.05, 3.63) is 46.2 Å². The van der Waals surface area contributed by atoms with E-state index in [-0.39, 0.29) is 5.91 Å². The molecule has 3 N–H and O–H groups in total. The van der Waals surface area contributed by atoms with Gasteiger partial charge >= 0.3 is 0 Å². The van der Waals surface area contributed by atoms with E-state index >= 15 is 0 Å². The van der Waals surface area contributed by atoms with Crippen molar-refractivity contribution in [1.82, 2.24) is 0 Å². The number of carbonyl (C=O) groups is 1. The molecule has 1 aromatic heterocycles. The van der Waals surface area contributed by atoms with Crippen LogP contribution >= 0.6 is 11.3 Å². The first-order valence-electron chi connectivity index (χ1n) is 6.09. The zero-order chi connectivity index (χ0) is 13.4. The number of anilines is 2. The number of thiophene rings is 1. The minimum absolute atomic E-state index is 0.131. The summed E-state index contributed by atoms with van der Waals surface area (Å²) in [6.45, 7) is 0.858. The number of amides is 1. The summed E-state index contributed by atoms with van der Waals surface area (Å²) < 4.78 is 0. The summed E-state index contributed by atoms with van der Waals surface area (Å²) in [4.78, 5) is 15.0. The number of fused-ring (bicyclic) bond motifs is 1. The molecule has 1 aromatic carbocycles. The van der Waals surface area contributed by atoms with Crippen LogP contribution in [0.25, 0.3) is 0 Å². The zero-order valence-corrected chi connectivity index (χ0v) is 11.4. The van der Waals surface area contributed by atoms with Crippen LogP contribution in [0.1, 0.15) is 16.5 Å². The van der Waals surface area contributed by atoms with E-state index < -0.39 is 6.04 Å². The Balaban J connectivity index is 1.83. The molecule has 3 rings (SSSR count). The largest absolute Gasteiger partial charge is 0.369 e. The van der Waals surface area contributed by atoms with E-state index in [9.17, 15) is 4.79 Å². The predicted molar refractivity (Wildman–Crippen MR) is 78.4 cm³/mol. The number of rotatable bonds is 3. The maximum absolute atomic E-state index is 11.5. The molecule has 5 heteroatoms. The second-order valence-electron chi connectivity index (χ2n) is 4.67. The minimum atomic E-state index is -0.536. The summed E-state index contributed by atoms with van der Waals surface area (Å²) in [5, 5.41) is 4.89. The predicted octanol–water partition coefficient (Wildman–Crippen LogP) is 2.34. The van der Waals surface area contributed by atoms with Crippen molar-refractivity contribution >= 4 is 28.6 Å². The van der Waals surface area contributed by atoms with Gasteiger partial charge in [0.1, 0.15) is 6.04 Å². The number of carbonyl (C=O) groups excluding carboxylic acids is 1. The van der Waals surface area contributed by atoms with Gasteiger partial charge in [0.2, 0.25) is 5.91 Å². The van der Waals surface area contributed by atoms with E-state index in [1.165, 1.54) is 4.88 Å². The molecule has 19 heavy (non-hydrogen) atoms. The van der Waals surface area contributed by atoms with E-state index in [4.69, 9.17) is 5.73 Å². The highest BCUT2D eigenvalue weighted by Gasteiger charge is 2.27. The number of hydrogen-bond acceptors (Lipinski definition) is 4. The van der Waals surface area contributed by atoms with Crippen molar-refractivity contribution in [2.75, 3.05) is 17.3 Å². The van der Waals surface area contributed by atoms with Crippen molar-refractivity contribution in [2.45, 2.75) is 12.6 Å². The molecule has 0 saturated carbocycles. The Bertz CT molecular complexity index is 609. The molecule has 0 fully saturated rings. The van der Waals surface area contributed by atoms with E-state index in [0.717, 1.165) is 23.5 Å². The third kappa shape index (κ3) is 2.22. The lowest BCUT2D eigenvalue weighted by molar-refractivity contribution is -0.116. The lowest BCUT2D eigenvalue weighted by Crippen LogP contribution is -2.19. The zero-order valence-electron chi connectivity index (χ0n) is 10.6. The Morgan fingerprint density at radius 2 is 2.26 bits per heavy atom. The first-order chi connectivity index (χ1) is 9.15. The normalized spacial score (nSPS) is 17.2. The van der Waals surface area contributed by atoms with E-state index in [2.05, 4.69) is 27.7 Å². The maximum atomic E-state index is 11.5. The Hall–Kier alpha value is -1.85. The molecule has 1 unspecified atom stereocenters. The van der Waals surface area contributed by atoms with Gasteiger partial charge in [-0.2, -0.15) is 0 Å². The quantitative estimate of drug-likeness (QED) is 0.902. The minimum Gasteiger partial charge on any atom is -0.369 e. The number of benzene rings is 1. The van der Waals surface area contributed by atoms with Gasteiger partial charge in [0.05, 0.1) is 6.54 Å². The molecule has 1 aliphatic rings. The molecule has 2 heterocycles. The lowest BCUT2D eigenvalue weighted by Gasteiger charge is -2.19. The van der Waals surface area contributed by atoms with Crippen LogP contribution in [0.2, 0.25) is 0 Å². The van der Waals surface area contributed by atoms with Crippen molar-refractivity contribution in [3.63, 3.8) is 0 Å². The highest BCUT2D eigenvalue weighted by atomic mass is 32.1. The molecule has 0 aliphatic carbocycles. The summed E-state index contributed by atoms with van der Waals surface area (Å²) in [6, 6.07) is 9.55. The summed E-state index contributed by atoms with van der Waals surface area (Å²) in [5.74, 6) is -0.131. The fourth-order valence-corrected chi connectivity index (χ4v) is 3.00. The van der Waals surface area contributed by atoms with Gasteiger partial charge in [-0.25, -0.2) is 0 Å². The van der Waals surface area contributed by atoms with Crippen LogP contribution in [0.15, 0.2) is 35.7 Å². The monoisotopic (exact) mass is 273 g/mol. The van der Waals surface area contributed by atoms with E-state index in [1.807, 2.05) is 25.2 Å². The standard InChI is InChI=1S/C14H15N3OS/c1-17(8-10-3-2-6-19-10)9-4-5-11-12(7-9)16-14(18)13(11)15/h2-7,13H,8,15H2,1H3,(H,16,18). The van der Waals surface area contributed by atoms with Gasteiger partial charge in [0.25, 0.3) is 0 Å². The molecule has 98 valence electrons. The van der Waals surface area contributed by atoms with E-state index in [0.29, 0.717) is 0 Å². The molecule has 1 aliphatic heterocycles. The van der Waals surface area contributed by atoms with Gasteiger partial charge in [-0.3, -0.25) is 4.79 Å². The van der Waals surface area contributed by atoms with Crippen LogP contribution in [0.5, 0.6) is 0 Å². The van der Waals surface area contributed by atoms with Gasteiger partial charge in [-0.15, -0.1) is 11.3 Å². The Labute approximate surface area is 115 Å². The van der Waals surface area contributed by atoms with E-state index in [1.54, 1.807) is 11.3 Å². The number of nitrogens with one attached hydrogen (secondary N) is 1. The van der Waals surface area contributed by atoms with Gasteiger partial charge in [-0.05, 0) is 23.6 Å². The molecule has 4 nitrogen and oxygen atoms in total. The summed E-state index contributed by atoms with van der Waals surface area (Å²) in [5.41, 5.74) is 8.57. The number of nitrogens with zero attached hydrogens (tertiary/aromatic N) is 1. The Morgan fingerprint density at radius 3 is 3.00 bits per heavy atom. The molecule has 0 saturated heterocycles. The van der Waals surface area contributed by atoms with Gasteiger partial charge < -0.3 is 16.0 Å². The van der Waals surface area contributed by atoms with Crippen LogP contribution < -0.4 is 16.0 Å². The van der Waals surface area contributed by atoms with Gasteiger partial charge in [-0.1, -0.05) is 12.1 Å². The Morgan fingerprint density at radius 1 is 1.42 bits per heavy atom. The van der Waals surface area contributed by atoms with Crippen LogP contribution in [-0.2, 0) is 11.3 Å². The van der Waals surface area contributed by atoms with Crippen molar-refractivity contribution in [2.24, 2.45) is 5.73 Å². The van der Waals surface area contributed by atoms with Crippen molar-refractivity contribution in [1.29, 1.82) is 0 Å². The second kappa shape index (κ2) is 4.68. The topological polar surface area (TPSA) is 58.4 Å². The third-order valence-corrected chi connectivity index (χ3v) is 4.19. The van der Waals surface area contributed by atoms with Crippen LogP contribution in [0.3, 0.4) is 0 Å². The molecule has 0 bridgehead atoms. The van der Waals surface area contributed by atoms with Crippen LogP contribution in [-0.4, -0.2) is 13.0 Å². The Kier molecular flexibility index (Phi) is 3.00. The second-order valence-corrected chi connectivity index (χ2v) is 5.71. The van der Waals surface area contributed by atoms with Gasteiger partial charge in [0, 0.05) is 28.9 Å². The lowest BCUT2D eigenvalue weighted by atomic mass is 10.1. The SMILES string of the molecule is CN(Cc1cccs1)c1ccc2c(c1)NC(=O)C2N. The maximum Gasteiger partial charge on any atom is 0.245 e. The average Bonchev–Trinajstić information content (AvgIpc) is 2.99. The molecule has 0 radical (unpaired) electrons. The molecule has 0 spiro atoms. The number of nitrogens with two attached hydrogens (primary N) is 1. The fraction of sp³-hybridized carbons (Fsp3) is 0.214. The van der Waals surface area contributed by atoms with Crippen molar-refractivity contribution in [3.8, 4) is 0 Å². The first-order valence-corrected chi connectivity index (χ1v) is 6.97. The smallest absolute Gasteiger partial charge is 0.245 e. The van der Waals surface area contributed by atoms with Crippen LogP contribution in [0.4, 0.5) is 11.4 Å². The number of hydrogen-bond donors (Lipinski definition) is 2. The average molecular weight is 273 g/mol. The summed E-state index contributed by atoms with van der Waals surface area (Å²) in [6.07, 6.45) is 0. The molecular formula is C14H15N3OS. The van der Waals surface area contributed by atoms with Gasteiger partial charge in [0.15, 0.2) is 0 Å². The molecule has 2 aromatic rings. The van der Waals surface area contributed by atoms with Crippen LogP contribution in [0, 0.1) is 0 Å². The highest BCUT2D eigenvalue weighted by molar-refractivity contribution is 7.09. The first kappa shape index (κ1) is 12.2. The summed E-state index contributed by atoms with van der Waals surface area (Å²) in [7, 11) is 2.04. The molecular weight excluding hydrogens is 258 g/mol.